The van der Waals surface area contributed by atoms with E-state index >= 15 is 0 Å². The number of fused-ring (bicyclic) bond motifs is 1. The van der Waals surface area contributed by atoms with E-state index < -0.39 is 6.16 Å². The highest BCUT2D eigenvalue weighted by molar-refractivity contribution is 6.11. The van der Waals surface area contributed by atoms with E-state index in [1.54, 1.807) is 11.6 Å². The van der Waals surface area contributed by atoms with Gasteiger partial charge in [-0.15, -0.1) is 0 Å². The summed E-state index contributed by atoms with van der Waals surface area (Å²) in [4.78, 5) is 24.1. The highest BCUT2D eigenvalue weighted by atomic mass is 16.7. The third-order valence-electron chi connectivity index (χ3n) is 6.52. The summed E-state index contributed by atoms with van der Waals surface area (Å²) in [6.45, 7) is 2.26. The van der Waals surface area contributed by atoms with Gasteiger partial charge in [0.15, 0.2) is 5.78 Å². The van der Waals surface area contributed by atoms with Gasteiger partial charge < -0.3 is 14.4 Å². The van der Waals surface area contributed by atoms with Gasteiger partial charge in [-0.2, -0.15) is 0 Å². The Bertz CT molecular complexity index is 855. The molecule has 0 aliphatic rings. The molecule has 5 nitrogen and oxygen atoms in total. The molecule has 0 saturated heterocycles. The molecule has 0 aliphatic heterocycles. The lowest BCUT2D eigenvalue weighted by Crippen LogP contribution is -2.10. The van der Waals surface area contributed by atoms with Crippen LogP contribution in [0.15, 0.2) is 24.3 Å². The van der Waals surface area contributed by atoms with E-state index in [9.17, 15) is 9.59 Å². The normalized spacial score (nSPS) is 11.2. The smallest absolute Gasteiger partial charge is 0.449 e. The van der Waals surface area contributed by atoms with Crippen LogP contribution in [-0.4, -0.2) is 21.6 Å². The molecule has 184 valence electrons. The van der Waals surface area contributed by atoms with Crippen LogP contribution in [0.4, 0.5) is 4.79 Å². The molecule has 2 aromatic rings. The first-order valence-electron chi connectivity index (χ1n) is 13.1. The second-order valence-corrected chi connectivity index (χ2v) is 9.25. The van der Waals surface area contributed by atoms with Crippen molar-refractivity contribution in [1.82, 2.24) is 4.57 Å². The lowest BCUT2D eigenvalue weighted by Gasteiger charge is -2.06. The van der Waals surface area contributed by atoms with Crippen molar-refractivity contribution in [3.8, 4) is 5.88 Å². The number of hydrogen-bond donors (Lipinski definition) is 1. The lowest BCUT2D eigenvalue weighted by atomic mass is 10.0. The highest BCUT2D eigenvalue weighted by Crippen LogP contribution is 2.32. The van der Waals surface area contributed by atoms with Crippen LogP contribution in [0.2, 0.25) is 0 Å². The van der Waals surface area contributed by atoms with Crippen LogP contribution < -0.4 is 4.74 Å². The number of para-hydroxylation sites is 1. The number of Topliss-reactive ketones (excluding diaryl/α,β-unsaturated/α-hetero) is 1. The van der Waals surface area contributed by atoms with Gasteiger partial charge in [-0.25, -0.2) is 4.79 Å². The summed E-state index contributed by atoms with van der Waals surface area (Å²) in [6, 6.07) is 7.45. The van der Waals surface area contributed by atoms with Gasteiger partial charge in [0.1, 0.15) is 0 Å². The van der Waals surface area contributed by atoms with Crippen molar-refractivity contribution >= 4 is 22.8 Å². The predicted molar refractivity (Wildman–Crippen MR) is 135 cm³/mol. The first-order valence-corrected chi connectivity index (χ1v) is 13.1. The molecule has 5 heteroatoms. The Labute approximate surface area is 199 Å². The van der Waals surface area contributed by atoms with Crippen LogP contribution in [0.3, 0.4) is 0 Å². The zero-order chi connectivity index (χ0) is 23.9. The number of nitrogens with zero attached hydrogens (tertiary/aromatic N) is 1. The molecule has 0 aliphatic carbocycles. The van der Waals surface area contributed by atoms with Crippen LogP contribution in [-0.2, 0) is 7.05 Å². The first kappa shape index (κ1) is 26.9. The van der Waals surface area contributed by atoms with Gasteiger partial charge in [0.2, 0.25) is 5.88 Å². The number of ether oxygens (including phenoxy) is 1. The van der Waals surface area contributed by atoms with Crippen LogP contribution in [0, 0.1) is 0 Å². The number of aromatic nitrogens is 1. The van der Waals surface area contributed by atoms with E-state index in [2.05, 4.69) is 6.92 Å². The molecule has 0 fully saturated rings. The first-order chi connectivity index (χ1) is 16.1. The van der Waals surface area contributed by atoms with Crippen molar-refractivity contribution in [3.05, 3.63) is 29.8 Å². The van der Waals surface area contributed by atoms with Crippen molar-refractivity contribution in [2.75, 3.05) is 0 Å². The largest absolute Gasteiger partial charge is 0.512 e. The molecule has 1 heterocycles. The maximum atomic E-state index is 12.9. The molecule has 1 aromatic carbocycles. The minimum absolute atomic E-state index is 0.0438. The van der Waals surface area contributed by atoms with Gasteiger partial charge in [-0.1, -0.05) is 115 Å². The number of rotatable bonds is 18. The Balaban J connectivity index is 1.61. The van der Waals surface area contributed by atoms with E-state index in [0.717, 1.165) is 30.2 Å². The second kappa shape index (κ2) is 15.5. The Kier molecular flexibility index (Phi) is 12.7. The SMILES string of the molecule is CCCCCCCCCCCCCCCCCC(=O)c1c(OC(=O)O)n(C)c2ccccc12. The van der Waals surface area contributed by atoms with E-state index in [-0.39, 0.29) is 11.7 Å². The molecule has 0 atom stereocenters. The average Bonchev–Trinajstić information content (AvgIpc) is 3.07. The quantitative estimate of drug-likeness (QED) is 0.138. The van der Waals surface area contributed by atoms with E-state index in [4.69, 9.17) is 9.84 Å². The summed E-state index contributed by atoms with van der Waals surface area (Å²) in [5, 5.41) is 9.84. The van der Waals surface area contributed by atoms with Crippen molar-refractivity contribution in [1.29, 1.82) is 0 Å². The van der Waals surface area contributed by atoms with Crippen molar-refractivity contribution in [3.63, 3.8) is 0 Å². The topological polar surface area (TPSA) is 68.5 Å². The van der Waals surface area contributed by atoms with Gasteiger partial charge in [0.05, 0.1) is 11.1 Å². The molecule has 1 aromatic heterocycles. The number of benzene rings is 1. The molecular weight excluding hydrogens is 414 g/mol. The molecule has 0 bridgehead atoms. The fraction of sp³-hybridized carbons (Fsp3) is 0.643. The zero-order valence-electron chi connectivity index (χ0n) is 20.7. The van der Waals surface area contributed by atoms with Gasteiger partial charge in [-0.05, 0) is 12.5 Å². The second-order valence-electron chi connectivity index (χ2n) is 9.25. The Morgan fingerprint density at radius 2 is 1.27 bits per heavy atom. The van der Waals surface area contributed by atoms with E-state index in [1.165, 1.54) is 77.0 Å². The predicted octanol–water partition coefficient (Wildman–Crippen LogP) is 8.68. The standard InChI is InChI=1S/C28H43NO4/c1-3-4-5-6-7-8-9-10-11-12-13-14-15-16-17-22-25(30)26-23-20-18-19-21-24(23)29(2)27(26)33-28(31)32/h18-21H,3-17,22H2,1-2H3,(H,31,32). The summed E-state index contributed by atoms with van der Waals surface area (Å²) < 4.78 is 6.61. The van der Waals surface area contributed by atoms with Crippen LogP contribution in [0.5, 0.6) is 5.88 Å². The zero-order valence-corrected chi connectivity index (χ0v) is 20.7. The van der Waals surface area contributed by atoms with Crippen LogP contribution in [0.25, 0.3) is 10.9 Å². The number of carbonyl (C=O) groups is 2. The van der Waals surface area contributed by atoms with Crippen molar-refractivity contribution in [2.24, 2.45) is 7.05 Å². The maximum Gasteiger partial charge on any atom is 0.512 e. The summed E-state index contributed by atoms with van der Waals surface area (Å²) in [7, 11) is 1.73. The summed E-state index contributed by atoms with van der Waals surface area (Å²) in [5.74, 6) is 0.0763. The van der Waals surface area contributed by atoms with Crippen molar-refractivity contribution in [2.45, 2.75) is 110 Å². The summed E-state index contributed by atoms with van der Waals surface area (Å²) in [6.07, 6.45) is 18.3. The fourth-order valence-electron chi connectivity index (χ4n) is 4.62. The molecule has 0 spiro atoms. The van der Waals surface area contributed by atoms with E-state index in [0.29, 0.717) is 12.0 Å². The lowest BCUT2D eigenvalue weighted by molar-refractivity contribution is 0.0975. The Morgan fingerprint density at radius 3 is 1.79 bits per heavy atom. The van der Waals surface area contributed by atoms with E-state index in [1.807, 2.05) is 24.3 Å². The minimum atomic E-state index is -1.40. The van der Waals surface area contributed by atoms with Gasteiger partial charge in [0.25, 0.3) is 0 Å². The van der Waals surface area contributed by atoms with Gasteiger partial charge in [0, 0.05) is 18.9 Å². The molecular formula is C28H43NO4. The Hall–Kier alpha value is -2.30. The van der Waals surface area contributed by atoms with Gasteiger partial charge >= 0.3 is 6.16 Å². The highest BCUT2D eigenvalue weighted by Gasteiger charge is 2.23. The Morgan fingerprint density at radius 1 is 0.788 bits per heavy atom. The number of hydrogen-bond acceptors (Lipinski definition) is 3. The molecule has 0 radical (unpaired) electrons. The van der Waals surface area contributed by atoms with Crippen molar-refractivity contribution < 1.29 is 19.4 Å². The van der Waals surface area contributed by atoms with Crippen LogP contribution >= 0.6 is 0 Å². The maximum absolute atomic E-state index is 12.9. The molecule has 0 saturated carbocycles. The number of carboxylic acid groups (broad SMARTS) is 1. The molecule has 1 N–H and O–H groups in total. The number of carbonyl (C=O) groups excluding carboxylic acids is 1. The summed E-state index contributed by atoms with van der Waals surface area (Å²) >= 11 is 0. The summed E-state index contributed by atoms with van der Waals surface area (Å²) in [5.41, 5.74) is 1.19. The molecule has 33 heavy (non-hydrogen) atoms. The number of unbranched alkanes of at least 4 members (excludes halogenated alkanes) is 14. The number of ketones is 1. The fourth-order valence-corrected chi connectivity index (χ4v) is 4.62. The average molecular weight is 458 g/mol. The molecule has 0 unspecified atom stereocenters. The van der Waals surface area contributed by atoms with Gasteiger partial charge in [-0.3, -0.25) is 4.79 Å². The molecule has 2 rings (SSSR count). The molecule has 0 amide bonds. The third kappa shape index (κ3) is 9.23. The van der Waals surface area contributed by atoms with Crippen LogP contribution in [0.1, 0.15) is 120 Å². The third-order valence-corrected chi connectivity index (χ3v) is 6.52. The monoisotopic (exact) mass is 457 g/mol. The minimum Gasteiger partial charge on any atom is -0.449 e. The number of aryl methyl sites for hydroxylation is 1.